The Hall–Kier alpha value is -1.00. The predicted octanol–water partition coefficient (Wildman–Crippen LogP) is 4.77. The van der Waals surface area contributed by atoms with Crippen LogP contribution in [0.4, 0.5) is 5.69 Å². The van der Waals surface area contributed by atoms with Crippen LogP contribution in [-0.2, 0) is 0 Å². The Balaban J connectivity index is 0.00000280. The Labute approximate surface area is 193 Å². The molecule has 1 saturated heterocycles. The molecule has 0 radical (unpaired) electrons. The molecule has 0 bridgehead atoms. The number of hydrogen-bond acceptors (Lipinski definition) is 5. The van der Waals surface area contributed by atoms with Crippen LogP contribution in [0, 0.1) is 0 Å². The lowest BCUT2D eigenvalue weighted by Crippen LogP contribution is -2.39. The number of rotatable bonds is 8. The highest BCUT2D eigenvalue weighted by Crippen LogP contribution is 2.24. The van der Waals surface area contributed by atoms with E-state index >= 15 is 0 Å². The number of nitrogens with one attached hydrogen (secondary N) is 2. The van der Waals surface area contributed by atoms with Crippen molar-refractivity contribution in [2.24, 2.45) is 4.99 Å². The number of nitrogens with zero attached hydrogens (tertiary/aromatic N) is 3. The van der Waals surface area contributed by atoms with Crippen molar-refractivity contribution in [3.8, 4) is 0 Å². The van der Waals surface area contributed by atoms with Crippen LogP contribution in [0.2, 0.25) is 0 Å². The van der Waals surface area contributed by atoms with E-state index in [1.165, 1.54) is 37.2 Å². The van der Waals surface area contributed by atoms with E-state index < -0.39 is 0 Å². The minimum absolute atomic E-state index is 0. The minimum atomic E-state index is 0. The average Bonchev–Trinajstić information content (AvgIpc) is 3.41. The molecule has 3 rings (SSSR count). The standard InChI is InChI=1S/C20H29N5S2.HI/c1-16(17-7-5-8-18(15-17)25-11-3-4-12-25)24-19(21-2)22-9-6-13-26-20-23-10-14-27-20;/h5,7-8,10,14-16H,3-4,6,9,11-13H2,1-2H3,(H2,21,22,24);1H. The van der Waals surface area contributed by atoms with Gasteiger partial charge < -0.3 is 15.5 Å². The zero-order valence-electron chi connectivity index (χ0n) is 16.6. The van der Waals surface area contributed by atoms with Crippen LogP contribution in [0.3, 0.4) is 0 Å². The van der Waals surface area contributed by atoms with Crippen LogP contribution >= 0.6 is 47.1 Å². The quantitative estimate of drug-likeness (QED) is 0.169. The van der Waals surface area contributed by atoms with Gasteiger partial charge in [0.15, 0.2) is 5.96 Å². The number of guanidine groups is 1. The summed E-state index contributed by atoms with van der Waals surface area (Å²) in [7, 11) is 1.83. The van der Waals surface area contributed by atoms with Gasteiger partial charge in [-0.05, 0) is 43.9 Å². The van der Waals surface area contributed by atoms with Crippen LogP contribution in [0.5, 0.6) is 0 Å². The molecule has 0 aliphatic carbocycles. The van der Waals surface area contributed by atoms with Gasteiger partial charge in [-0.25, -0.2) is 4.98 Å². The van der Waals surface area contributed by atoms with Crippen LogP contribution < -0.4 is 15.5 Å². The molecule has 28 heavy (non-hydrogen) atoms. The molecule has 0 saturated carbocycles. The molecule has 1 fully saturated rings. The Morgan fingerprint density at radius 3 is 2.89 bits per heavy atom. The summed E-state index contributed by atoms with van der Waals surface area (Å²) in [5.41, 5.74) is 2.63. The zero-order chi connectivity index (χ0) is 18.9. The maximum absolute atomic E-state index is 4.37. The first kappa shape index (κ1) is 23.3. The molecule has 8 heteroatoms. The van der Waals surface area contributed by atoms with Crippen molar-refractivity contribution in [2.45, 2.75) is 36.6 Å². The summed E-state index contributed by atoms with van der Waals surface area (Å²) in [4.78, 5) is 11.1. The normalized spacial score (nSPS) is 15.2. The van der Waals surface area contributed by atoms with Crippen LogP contribution in [0.1, 0.15) is 37.8 Å². The molecule has 1 aliphatic rings. The van der Waals surface area contributed by atoms with E-state index in [0.29, 0.717) is 0 Å². The third-order valence-corrected chi connectivity index (χ3v) is 6.72. The second kappa shape index (κ2) is 12.5. The minimum Gasteiger partial charge on any atom is -0.372 e. The zero-order valence-corrected chi connectivity index (χ0v) is 20.5. The number of thioether (sulfide) groups is 1. The molecule has 1 aliphatic heterocycles. The molecule has 2 N–H and O–H groups in total. The molecule has 2 heterocycles. The lowest BCUT2D eigenvalue weighted by molar-refractivity contribution is 0.682. The number of thiazole rings is 1. The van der Waals surface area contributed by atoms with E-state index in [9.17, 15) is 0 Å². The summed E-state index contributed by atoms with van der Waals surface area (Å²) in [5, 5.41) is 8.95. The Morgan fingerprint density at radius 2 is 2.18 bits per heavy atom. The first-order valence-corrected chi connectivity index (χ1v) is 11.5. The van der Waals surface area contributed by atoms with Gasteiger partial charge in [0.2, 0.25) is 0 Å². The lowest BCUT2D eigenvalue weighted by Gasteiger charge is -2.22. The fraction of sp³-hybridized carbons (Fsp3) is 0.500. The summed E-state index contributed by atoms with van der Waals surface area (Å²) < 4.78 is 1.14. The first-order valence-electron chi connectivity index (χ1n) is 9.60. The lowest BCUT2D eigenvalue weighted by atomic mass is 10.1. The van der Waals surface area contributed by atoms with Gasteiger partial charge in [0.1, 0.15) is 4.34 Å². The Morgan fingerprint density at radius 1 is 1.36 bits per heavy atom. The third kappa shape index (κ3) is 7.11. The molecule has 1 atom stereocenters. The van der Waals surface area contributed by atoms with Crippen LogP contribution in [0.15, 0.2) is 45.2 Å². The predicted molar refractivity (Wildman–Crippen MR) is 134 cm³/mol. The third-order valence-electron chi connectivity index (χ3n) is 4.67. The highest BCUT2D eigenvalue weighted by atomic mass is 127. The van der Waals surface area contributed by atoms with E-state index in [1.54, 1.807) is 11.3 Å². The van der Waals surface area contributed by atoms with Crippen molar-refractivity contribution in [3.05, 3.63) is 41.4 Å². The number of anilines is 1. The summed E-state index contributed by atoms with van der Waals surface area (Å²) in [6, 6.07) is 9.08. The highest BCUT2D eigenvalue weighted by Gasteiger charge is 2.14. The smallest absolute Gasteiger partial charge is 0.191 e. The molecule has 0 amide bonds. The average molecular weight is 532 g/mol. The molecular formula is C20H30IN5S2. The van der Waals surface area contributed by atoms with Gasteiger partial charge in [0.25, 0.3) is 0 Å². The monoisotopic (exact) mass is 531 g/mol. The van der Waals surface area contributed by atoms with E-state index in [-0.39, 0.29) is 30.0 Å². The summed E-state index contributed by atoms with van der Waals surface area (Å²) in [6.45, 7) is 5.44. The molecular weight excluding hydrogens is 501 g/mol. The second-order valence-electron chi connectivity index (χ2n) is 6.65. The van der Waals surface area contributed by atoms with E-state index in [0.717, 1.165) is 29.0 Å². The van der Waals surface area contributed by atoms with E-state index in [1.807, 2.05) is 30.4 Å². The highest BCUT2D eigenvalue weighted by molar-refractivity contribution is 14.0. The number of aromatic nitrogens is 1. The summed E-state index contributed by atoms with van der Waals surface area (Å²) >= 11 is 3.51. The van der Waals surface area contributed by atoms with Crippen molar-refractivity contribution in [1.82, 2.24) is 15.6 Å². The molecule has 154 valence electrons. The molecule has 1 unspecified atom stereocenters. The van der Waals surface area contributed by atoms with Crippen LogP contribution in [-0.4, -0.2) is 43.4 Å². The molecule has 1 aromatic carbocycles. The summed E-state index contributed by atoms with van der Waals surface area (Å²) in [5.74, 6) is 1.92. The fourth-order valence-electron chi connectivity index (χ4n) is 3.17. The Kier molecular flexibility index (Phi) is 10.4. The SMILES string of the molecule is CN=C(NCCCSc1nccs1)NC(C)c1cccc(N2CCCC2)c1.I. The first-order chi connectivity index (χ1) is 13.3. The van der Waals surface area contributed by atoms with Gasteiger partial charge in [-0.1, -0.05) is 23.9 Å². The molecule has 5 nitrogen and oxygen atoms in total. The van der Waals surface area contributed by atoms with Crippen molar-refractivity contribution in [2.75, 3.05) is 37.3 Å². The van der Waals surface area contributed by atoms with E-state index in [4.69, 9.17) is 0 Å². The van der Waals surface area contributed by atoms with Gasteiger partial charge in [-0.2, -0.15) is 0 Å². The molecule has 0 spiro atoms. The van der Waals surface area contributed by atoms with Gasteiger partial charge in [-0.15, -0.1) is 35.3 Å². The van der Waals surface area contributed by atoms with Crippen molar-refractivity contribution < 1.29 is 0 Å². The van der Waals surface area contributed by atoms with Gasteiger partial charge in [-0.3, -0.25) is 4.99 Å². The van der Waals surface area contributed by atoms with Crippen molar-refractivity contribution >= 4 is 58.7 Å². The van der Waals surface area contributed by atoms with Gasteiger partial charge >= 0.3 is 0 Å². The number of benzene rings is 1. The second-order valence-corrected chi connectivity index (χ2v) is 8.89. The molecule has 2 aromatic rings. The number of aliphatic imine (C=N–C) groups is 1. The van der Waals surface area contributed by atoms with Crippen molar-refractivity contribution in [1.29, 1.82) is 0 Å². The number of hydrogen-bond donors (Lipinski definition) is 2. The fourth-order valence-corrected chi connectivity index (χ4v) is 4.82. The topological polar surface area (TPSA) is 52.6 Å². The van der Waals surface area contributed by atoms with E-state index in [2.05, 4.69) is 56.7 Å². The van der Waals surface area contributed by atoms with Gasteiger partial charge in [0, 0.05) is 49.7 Å². The molecule has 1 aromatic heterocycles. The Bertz CT molecular complexity index is 717. The van der Waals surface area contributed by atoms with Crippen molar-refractivity contribution in [3.63, 3.8) is 0 Å². The maximum atomic E-state index is 4.37. The maximum Gasteiger partial charge on any atom is 0.191 e. The number of halogens is 1. The summed E-state index contributed by atoms with van der Waals surface area (Å²) in [6.07, 6.45) is 5.53. The largest absolute Gasteiger partial charge is 0.372 e. The van der Waals surface area contributed by atoms with Gasteiger partial charge in [0.05, 0.1) is 6.04 Å². The van der Waals surface area contributed by atoms with Crippen LogP contribution in [0.25, 0.3) is 0 Å².